The molecule has 3 aliphatic rings. The number of amides is 1. The molecule has 0 fully saturated rings. The maximum Gasteiger partial charge on any atom is 0.251 e. The molecule has 9 rings (SSSR count). The first kappa shape index (κ1) is 31.3. The SMILES string of the molecule is Nc1cc2oc3c(c4c5ccc(C(=O)NCc6ccc(-c7nc(-c8ccc(Cl)c(O)c8)c(-c8ccncc8)[nH]7)cc6)cc5c(=O)c(c1)c2-4)C=CCC=3. The first-order valence-corrected chi connectivity index (χ1v) is 17.0. The van der Waals surface area contributed by atoms with Crippen molar-refractivity contribution >= 4 is 57.1 Å². The van der Waals surface area contributed by atoms with E-state index >= 15 is 0 Å². The monoisotopic (exact) mass is 701 g/mol. The zero-order chi connectivity index (χ0) is 35.5. The van der Waals surface area contributed by atoms with Crippen molar-refractivity contribution < 1.29 is 14.3 Å². The standard InChI is InChI=1S/C42H28ClN5O4/c43-32-12-10-25(18-33(32)49)39-38(23-13-15-45-16-14-23)47-41(48-39)24-7-5-22(6-8-24)21-46-42(51)26-9-11-28-30(17-26)40(50)31-19-27(44)20-35-37(31)36(28)29-3-1-2-4-34(29)52-35/h1,3-20,49H,2,21,44H2,(H,46,51)(H,47,48). The molecule has 2 aromatic heterocycles. The largest absolute Gasteiger partial charge is 0.506 e. The summed E-state index contributed by atoms with van der Waals surface area (Å²) >= 11 is 6.08. The van der Waals surface area contributed by atoms with E-state index in [1.165, 1.54) is 0 Å². The third kappa shape index (κ3) is 5.26. The van der Waals surface area contributed by atoms with Crippen LogP contribution >= 0.6 is 11.6 Å². The number of rotatable bonds is 6. The second-order valence-corrected chi connectivity index (χ2v) is 13.1. The number of aromatic nitrogens is 3. The Labute approximate surface area is 301 Å². The van der Waals surface area contributed by atoms with Crippen molar-refractivity contribution in [1.82, 2.24) is 20.3 Å². The van der Waals surface area contributed by atoms with E-state index in [9.17, 15) is 14.7 Å². The molecule has 4 aromatic carbocycles. The lowest BCUT2D eigenvalue weighted by atomic mass is 9.86. The van der Waals surface area contributed by atoms with E-state index in [0.29, 0.717) is 44.7 Å². The van der Waals surface area contributed by atoms with E-state index in [1.54, 1.807) is 48.8 Å². The molecule has 5 N–H and O–H groups in total. The minimum Gasteiger partial charge on any atom is -0.506 e. The van der Waals surface area contributed by atoms with Crippen molar-refractivity contribution in [3.8, 4) is 50.8 Å². The normalized spacial score (nSPS) is 12.3. The van der Waals surface area contributed by atoms with Gasteiger partial charge in [-0.15, -0.1) is 0 Å². The molecule has 0 bridgehead atoms. The van der Waals surface area contributed by atoms with Gasteiger partial charge in [-0.05, 0) is 65.9 Å². The number of benzene rings is 5. The van der Waals surface area contributed by atoms with Crippen LogP contribution in [-0.2, 0) is 6.54 Å². The summed E-state index contributed by atoms with van der Waals surface area (Å²) in [5.41, 5.74) is 15.4. The van der Waals surface area contributed by atoms with Crippen molar-refractivity contribution in [1.29, 1.82) is 0 Å². The summed E-state index contributed by atoms with van der Waals surface area (Å²) < 4.78 is 6.18. The predicted molar refractivity (Wildman–Crippen MR) is 205 cm³/mol. The van der Waals surface area contributed by atoms with E-state index in [-0.39, 0.29) is 28.7 Å². The summed E-state index contributed by atoms with van der Waals surface area (Å²) in [6, 6.07) is 25.2. The molecule has 2 aliphatic carbocycles. The molecule has 1 aliphatic heterocycles. The van der Waals surface area contributed by atoms with E-state index in [0.717, 1.165) is 56.3 Å². The molecule has 252 valence electrons. The maximum atomic E-state index is 13.8. The predicted octanol–water partition coefficient (Wildman–Crippen LogP) is 7.96. The third-order valence-corrected chi connectivity index (χ3v) is 9.79. The van der Waals surface area contributed by atoms with Gasteiger partial charge in [-0.3, -0.25) is 14.6 Å². The number of halogens is 1. The quantitative estimate of drug-likeness (QED) is 0.0781. The van der Waals surface area contributed by atoms with Gasteiger partial charge in [0.2, 0.25) is 0 Å². The Morgan fingerprint density at radius 1 is 0.904 bits per heavy atom. The molecule has 52 heavy (non-hydrogen) atoms. The number of imidazole rings is 1. The van der Waals surface area contributed by atoms with Crippen LogP contribution < -0.4 is 21.9 Å². The molecular weight excluding hydrogens is 674 g/mol. The van der Waals surface area contributed by atoms with E-state index in [2.05, 4.69) is 21.4 Å². The molecular formula is C42H28ClN5O4. The summed E-state index contributed by atoms with van der Waals surface area (Å²) in [6.45, 7) is 0.272. The molecule has 0 atom stereocenters. The minimum atomic E-state index is -0.301. The molecule has 10 heteroatoms. The van der Waals surface area contributed by atoms with Gasteiger partial charge in [0.25, 0.3) is 5.91 Å². The number of H-pyrrole nitrogens is 1. The summed E-state index contributed by atoms with van der Waals surface area (Å²) in [7, 11) is 0. The van der Waals surface area contributed by atoms with Crippen LogP contribution in [0.5, 0.6) is 5.75 Å². The molecule has 0 saturated carbocycles. The van der Waals surface area contributed by atoms with Crippen LogP contribution in [0.1, 0.15) is 27.9 Å². The fraction of sp³-hybridized carbons (Fsp3) is 0.0476. The highest BCUT2D eigenvalue weighted by molar-refractivity contribution is 6.32. The van der Waals surface area contributed by atoms with Crippen LogP contribution in [0.4, 0.5) is 5.69 Å². The van der Waals surface area contributed by atoms with Gasteiger partial charge in [-0.25, -0.2) is 4.98 Å². The summed E-state index contributed by atoms with van der Waals surface area (Å²) in [6.07, 6.45) is 10.3. The Hall–Kier alpha value is -6.71. The molecule has 9 nitrogen and oxygen atoms in total. The van der Waals surface area contributed by atoms with E-state index in [4.69, 9.17) is 26.7 Å². The first-order valence-electron chi connectivity index (χ1n) is 16.6. The Morgan fingerprint density at radius 2 is 1.71 bits per heavy atom. The maximum absolute atomic E-state index is 13.8. The second kappa shape index (κ2) is 12.3. The van der Waals surface area contributed by atoms with Crippen LogP contribution in [-0.4, -0.2) is 26.0 Å². The number of anilines is 1. The highest BCUT2D eigenvalue weighted by Gasteiger charge is 2.24. The highest BCUT2D eigenvalue weighted by atomic mass is 35.5. The van der Waals surface area contributed by atoms with Crippen molar-refractivity contribution in [2.45, 2.75) is 13.0 Å². The summed E-state index contributed by atoms with van der Waals surface area (Å²) in [4.78, 5) is 39.8. The lowest BCUT2D eigenvalue weighted by Crippen LogP contribution is -2.23. The van der Waals surface area contributed by atoms with Crippen LogP contribution in [0.3, 0.4) is 0 Å². The van der Waals surface area contributed by atoms with Crippen molar-refractivity contribution in [2.24, 2.45) is 0 Å². The number of aromatic amines is 1. The summed E-state index contributed by atoms with van der Waals surface area (Å²) in [5, 5.41) is 15.2. The smallest absolute Gasteiger partial charge is 0.251 e. The number of hydrogen-bond donors (Lipinski definition) is 4. The zero-order valence-corrected chi connectivity index (χ0v) is 28.2. The number of fused-ring (bicyclic) bond motifs is 4. The van der Waals surface area contributed by atoms with Gasteiger partial charge in [-0.1, -0.05) is 60.2 Å². The fourth-order valence-electron chi connectivity index (χ4n) is 6.95. The van der Waals surface area contributed by atoms with E-state index in [1.807, 2.05) is 60.7 Å². The third-order valence-electron chi connectivity index (χ3n) is 9.47. The van der Waals surface area contributed by atoms with Crippen LogP contribution in [0.25, 0.3) is 78.9 Å². The number of nitrogens with two attached hydrogens (primary N) is 1. The van der Waals surface area contributed by atoms with Gasteiger partial charge in [-0.2, -0.15) is 0 Å². The number of phenolic OH excluding ortho intramolecular Hbond substituents is 1. The Bertz CT molecular complexity index is 2840. The number of allylic oxidation sites excluding steroid dienone is 1. The number of pyridine rings is 1. The molecule has 6 aromatic rings. The fourth-order valence-corrected chi connectivity index (χ4v) is 7.07. The number of carbonyl (C=O) groups excluding carboxylic acids is 1. The lowest BCUT2D eigenvalue weighted by Gasteiger charge is -2.19. The number of carbonyl (C=O) groups is 1. The average molecular weight is 702 g/mol. The number of nitrogen functional groups attached to an aromatic ring is 1. The number of aromatic hydroxyl groups is 1. The molecule has 0 unspecified atom stereocenters. The van der Waals surface area contributed by atoms with Crippen LogP contribution in [0.15, 0.2) is 113 Å². The molecule has 1 amide bonds. The Balaban J connectivity index is 1.00. The van der Waals surface area contributed by atoms with Gasteiger partial charge < -0.3 is 25.6 Å². The first-order chi connectivity index (χ1) is 25.3. The number of phenols is 1. The number of nitrogens with one attached hydrogen (secondary N) is 2. The molecule has 0 spiro atoms. The number of hydrogen-bond acceptors (Lipinski definition) is 7. The van der Waals surface area contributed by atoms with Gasteiger partial charge in [0.05, 0.1) is 16.4 Å². The van der Waals surface area contributed by atoms with Crippen LogP contribution in [0.2, 0.25) is 5.02 Å². The lowest BCUT2D eigenvalue weighted by molar-refractivity contribution is 0.0951. The van der Waals surface area contributed by atoms with Crippen LogP contribution in [0, 0.1) is 0 Å². The molecule has 0 radical (unpaired) electrons. The highest BCUT2D eigenvalue weighted by Crippen LogP contribution is 2.40. The topological polar surface area (TPSA) is 147 Å². The van der Waals surface area contributed by atoms with Crippen molar-refractivity contribution in [2.75, 3.05) is 5.73 Å². The average Bonchev–Trinajstić information content (AvgIpc) is 3.62. The van der Waals surface area contributed by atoms with Crippen molar-refractivity contribution in [3.63, 3.8) is 0 Å². The summed E-state index contributed by atoms with van der Waals surface area (Å²) in [5.74, 6) is 0.301. The zero-order valence-electron chi connectivity index (χ0n) is 27.4. The Morgan fingerprint density at radius 3 is 2.52 bits per heavy atom. The second-order valence-electron chi connectivity index (χ2n) is 12.7. The van der Waals surface area contributed by atoms with Gasteiger partial charge in [0.15, 0.2) is 5.43 Å². The Kier molecular flexibility index (Phi) is 7.37. The molecule has 3 heterocycles. The molecule has 0 saturated heterocycles. The van der Waals surface area contributed by atoms with E-state index < -0.39 is 0 Å². The number of nitrogens with zero attached hydrogens (tertiary/aromatic N) is 2. The minimum absolute atomic E-state index is 0.0306. The van der Waals surface area contributed by atoms with Gasteiger partial charge in [0.1, 0.15) is 22.6 Å². The van der Waals surface area contributed by atoms with Crippen molar-refractivity contribution in [3.05, 3.63) is 141 Å². The van der Waals surface area contributed by atoms with Gasteiger partial charge >= 0.3 is 0 Å². The van der Waals surface area contributed by atoms with Gasteiger partial charge in [0, 0.05) is 80.4 Å².